The molecule has 1 N–H and O–H groups in total. The Balaban J connectivity index is 1.75. The Hall–Kier alpha value is -4.08. The maximum Gasteiger partial charge on any atom is 0.301 e. The molecule has 174 valence electrons. The lowest BCUT2D eigenvalue weighted by Crippen LogP contribution is -2.29. The van der Waals surface area contributed by atoms with Crippen molar-refractivity contribution in [1.29, 1.82) is 0 Å². The smallest absolute Gasteiger partial charge is 0.301 e. The van der Waals surface area contributed by atoms with Crippen LogP contribution in [0, 0.1) is 17.0 Å². The lowest BCUT2D eigenvalue weighted by atomic mass is 9.95. The molecule has 1 aliphatic heterocycles. The summed E-state index contributed by atoms with van der Waals surface area (Å²) in [5, 5.41) is 23.3. The van der Waals surface area contributed by atoms with Crippen LogP contribution in [0.1, 0.15) is 22.7 Å². The summed E-state index contributed by atoms with van der Waals surface area (Å²) in [4.78, 5) is 43.2. The number of non-ortho nitro benzene ring substituents is 1. The predicted octanol–water partition coefficient (Wildman–Crippen LogP) is 5.79. The number of thiazole rings is 1. The molecule has 1 saturated heterocycles. The predicted molar refractivity (Wildman–Crippen MR) is 134 cm³/mol. The third-order valence-electron chi connectivity index (χ3n) is 5.70. The number of carbonyl (C=O) groups is 2. The van der Waals surface area contributed by atoms with Crippen LogP contribution >= 0.6 is 22.9 Å². The van der Waals surface area contributed by atoms with E-state index in [1.165, 1.54) is 46.6 Å². The Morgan fingerprint density at radius 3 is 2.57 bits per heavy atom. The number of fused-ring (bicyclic) bond motifs is 1. The minimum Gasteiger partial charge on any atom is -0.507 e. The highest BCUT2D eigenvalue weighted by molar-refractivity contribution is 7.22. The Labute approximate surface area is 207 Å². The molecule has 1 aromatic heterocycles. The van der Waals surface area contributed by atoms with E-state index in [0.717, 1.165) is 10.3 Å². The summed E-state index contributed by atoms with van der Waals surface area (Å²) in [7, 11) is 0. The van der Waals surface area contributed by atoms with Gasteiger partial charge in [0.05, 0.1) is 26.8 Å². The maximum atomic E-state index is 13.3. The molecule has 1 fully saturated rings. The normalized spacial score (nSPS) is 17.3. The first kappa shape index (κ1) is 22.7. The molecule has 1 aliphatic rings. The number of nitrogens with zero attached hydrogens (tertiary/aromatic N) is 3. The number of nitro benzene ring substituents is 1. The van der Waals surface area contributed by atoms with Crippen LogP contribution in [0.25, 0.3) is 16.0 Å². The number of Topliss-reactive ketones (excluding diaryl/α,β-unsaturated/α-hetero) is 1. The van der Waals surface area contributed by atoms with Gasteiger partial charge in [-0.3, -0.25) is 24.6 Å². The van der Waals surface area contributed by atoms with E-state index in [2.05, 4.69) is 4.98 Å². The number of halogens is 1. The van der Waals surface area contributed by atoms with E-state index in [9.17, 15) is 24.8 Å². The van der Waals surface area contributed by atoms with Crippen molar-refractivity contribution in [3.05, 3.63) is 104 Å². The number of anilines is 1. The third kappa shape index (κ3) is 3.94. The number of aromatic nitrogens is 1. The number of hydrogen-bond acceptors (Lipinski definition) is 7. The number of aliphatic hydroxyl groups is 1. The fourth-order valence-corrected chi connectivity index (χ4v) is 5.26. The fourth-order valence-electron chi connectivity index (χ4n) is 4.04. The number of carbonyl (C=O) groups excluding carboxylic acids is 2. The first-order chi connectivity index (χ1) is 16.7. The zero-order valence-electron chi connectivity index (χ0n) is 18.1. The van der Waals surface area contributed by atoms with Crippen LogP contribution in [0.15, 0.2) is 72.3 Å². The van der Waals surface area contributed by atoms with E-state index in [1.807, 2.05) is 25.1 Å². The standard InChI is InChI=1S/C25H16ClN3O5S/c1-13-5-10-18-19(11-13)35-25(27-18)28-21(15-3-2-4-17(12-15)29(33)34)20(23(31)24(28)32)22(30)14-6-8-16(26)9-7-14/h2-12,21,30H,1H3. The van der Waals surface area contributed by atoms with Crippen LogP contribution in [0.2, 0.25) is 5.02 Å². The third-order valence-corrected chi connectivity index (χ3v) is 6.97. The number of amides is 1. The van der Waals surface area contributed by atoms with Gasteiger partial charge in [-0.05, 0) is 54.4 Å². The summed E-state index contributed by atoms with van der Waals surface area (Å²) in [6.45, 7) is 1.93. The minimum atomic E-state index is -1.12. The zero-order valence-corrected chi connectivity index (χ0v) is 19.7. The van der Waals surface area contributed by atoms with Crippen LogP contribution in [0.5, 0.6) is 0 Å². The van der Waals surface area contributed by atoms with Gasteiger partial charge in [0, 0.05) is 22.7 Å². The second-order valence-corrected chi connectivity index (χ2v) is 9.44. The first-order valence-electron chi connectivity index (χ1n) is 10.4. The van der Waals surface area contributed by atoms with E-state index in [-0.39, 0.29) is 22.0 Å². The van der Waals surface area contributed by atoms with Crippen LogP contribution in [0.4, 0.5) is 10.8 Å². The lowest BCUT2D eigenvalue weighted by molar-refractivity contribution is -0.384. The largest absolute Gasteiger partial charge is 0.507 e. The highest BCUT2D eigenvalue weighted by atomic mass is 35.5. The van der Waals surface area contributed by atoms with Gasteiger partial charge in [-0.1, -0.05) is 41.1 Å². The molecule has 0 saturated carbocycles. The van der Waals surface area contributed by atoms with Crippen molar-refractivity contribution in [2.24, 2.45) is 0 Å². The average molecular weight is 506 g/mol. The summed E-state index contributed by atoms with van der Waals surface area (Å²) in [5.41, 5.74) is 1.83. The molecule has 4 aromatic rings. The number of aliphatic hydroxyl groups excluding tert-OH is 1. The molecule has 0 radical (unpaired) electrons. The summed E-state index contributed by atoms with van der Waals surface area (Å²) in [6, 6.07) is 16.3. The summed E-state index contributed by atoms with van der Waals surface area (Å²) in [5.74, 6) is -2.20. The van der Waals surface area contributed by atoms with Crippen molar-refractivity contribution in [2.45, 2.75) is 13.0 Å². The lowest BCUT2D eigenvalue weighted by Gasteiger charge is -2.22. The van der Waals surface area contributed by atoms with Gasteiger partial charge in [-0.25, -0.2) is 4.98 Å². The molecule has 0 aliphatic carbocycles. The van der Waals surface area contributed by atoms with Crippen LogP contribution in [-0.2, 0) is 9.59 Å². The van der Waals surface area contributed by atoms with Gasteiger partial charge in [-0.15, -0.1) is 0 Å². The van der Waals surface area contributed by atoms with Gasteiger partial charge in [0.15, 0.2) is 5.13 Å². The monoisotopic (exact) mass is 505 g/mol. The van der Waals surface area contributed by atoms with Crippen LogP contribution < -0.4 is 4.90 Å². The molecule has 8 nitrogen and oxygen atoms in total. The molecule has 35 heavy (non-hydrogen) atoms. The van der Waals surface area contributed by atoms with E-state index in [0.29, 0.717) is 16.1 Å². The highest BCUT2D eigenvalue weighted by Crippen LogP contribution is 2.44. The average Bonchev–Trinajstić information content (AvgIpc) is 3.37. The topological polar surface area (TPSA) is 114 Å². The number of rotatable bonds is 4. The SMILES string of the molecule is Cc1ccc2nc(N3C(=O)C(=O)C(=C(O)c4ccc(Cl)cc4)C3c3cccc([N+](=O)[O-])c3)sc2c1. The quantitative estimate of drug-likeness (QED) is 0.123. The van der Waals surface area contributed by atoms with Crippen molar-refractivity contribution in [3.8, 4) is 0 Å². The second kappa shape index (κ2) is 8.61. The van der Waals surface area contributed by atoms with Gasteiger partial charge < -0.3 is 5.11 Å². The summed E-state index contributed by atoms with van der Waals surface area (Å²) in [6.07, 6.45) is 0. The Morgan fingerprint density at radius 2 is 1.86 bits per heavy atom. The number of ketones is 1. The summed E-state index contributed by atoms with van der Waals surface area (Å²) >= 11 is 7.18. The van der Waals surface area contributed by atoms with Gasteiger partial charge in [0.2, 0.25) is 0 Å². The van der Waals surface area contributed by atoms with Crippen molar-refractivity contribution >= 4 is 61.4 Å². The van der Waals surface area contributed by atoms with Crippen molar-refractivity contribution < 1.29 is 19.6 Å². The maximum absolute atomic E-state index is 13.3. The van der Waals surface area contributed by atoms with Gasteiger partial charge in [-0.2, -0.15) is 0 Å². The number of hydrogen-bond donors (Lipinski definition) is 1. The molecular weight excluding hydrogens is 490 g/mol. The fraction of sp³-hybridized carbons (Fsp3) is 0.0800. The molecule has 10 heteroatoms. The highest BCUT2D eigenvalue weighted by Gasteiger charge is 2.48. The molecule has 1 atom stereocenters. The minimum absolute atomic E-state index is 0.187. The van der Waals surface area contributed by atoms with E-state index in [1.54, 1.807) is 18.2 Å². The molecule has 0 bridgehead atoms. The second-order valence-electron chi connectivity index (χ2n) is 8.00. The first-order valence-corrected chi connectivity index (χ1v) is 11.6. The molecule has 1 unspecified atom stereocenters. The summed E-state index contributed by atoms with van der Waals surface area (Å²) < 4.78 is 0.817. The molecular formula is C25H16ClN3O5S. The molecule has 0 spiro atoms. The molecule has 1 amide bonds. The van der Waals surface area contributed by atoms with E-state index >= 15 is 0 Å². The van der Waals surface area contributed by atoms with Gasteiger partial charge in [0.1, 0.15) is 5.76 Å². The van der Waals surface area contributed by atoms with Crippen LogP contribution in [-0.4, -0.2) is 26.7 Å². The van der Waals surface area contributed by atoms with Crippen LogP contribution in [0.3, 0.4) is 0 Å². The van der Waals surface area contributed by atoms with Gasteiger partial charge in [0.25, 0.3) is 11.5 Å². The Kier molecular flexibility index (Phi) is 5.58. The van der Waals surface area contributed by atoms with Crippen molar-refractivity contribution in [2.75, 3.05) is 4.90 Å². The van der Waals surface area contributed by atoms with Crippen molar-refractivity contribution in [1.82, 2.24) is 4.98 Å². The van der Waals surface area contributed by atoms with Crippen molar-refractivity contribution in [3.63, 3.8) is 0 Å². The number of nitro groups is 1. The van der Waals surface area contributed by atoms with E-state index in [4.69, 9.17) is 11.6 Å². The zero-order chi connectivity index (χ0) is 24.9. The molecule has 3 aromatic carbocycles. The van der Waals surface area contributed by atoms with E-state index < -0.39 is 28.4 Å². The molecule has 5 rings (SSSR count). The Bertz CT molecular complexity index is 1560. The number of aryl methyl sites for hydroxylation is 1. The van der Waals surface area contributed by atoms with Gasteiger partial charge >= 0.3 is 5.91 Å². The number of benzene rings is 3. The molecule has 2 heterocycles. The Morgan fingerprint density at radius 1 is 1.11 bits per heavy atom.